The molecule has 2 N–H and O–H groups in total. The molecule has 20 heavy (non-hydrogen) atoms. The van der Waals surface area contributed by atoms with Gasteiger partial charge in [0.1, 0.15) is 5.82 Å². The second-order valence-electron chi connectivity index (χ2n) is 4.89. The lowest BCUT2D eigenvalue weighted by atomic mass is 9.96. The summed E-state index contributed by atoms with van der Waals surface area (Å²) in [5.74, 6) is -0.813. The molecule has 102 valence electrons. The Morgan fingerprint density at radius 3 is 2.65 bits per heavy atom. The van der Waals surface area contributed by atoms with E-state index in [1.54, 1.807) is 17.0 Å². The summed E-state index contributed by atoms with van der Waals surface area (Å²) in [6.45, 7) is 0.505. The Hall–Kier alpha value is -2.20. The highest BCUT2D eigenvalue weighted by molar-refractivity contribution is 6.07. The SMILES string of the molecule is NC1CCN(C(=O)c2ccccc2F)c2ccccc21. The van der Waals surface area contributed by atoms with Crippen LogP contribution in [0.1, 0.15) is 28.4 Å². The summed E-state index contributed by atoms with van der Waals surface area (Å²) >= 11 is 0. The minimum Gasteiger partial charge on any atom is -0.324 e. The van der Waals surface area contributed by atoms with Crippen LogP contribution < -0.4 is 10.6 Å². The van der Waals surface area contributed by atoms with E-state index >= 15 is 0 Å². The third-order valence-electron chi connectivity index (χ3n) is 3.64. The summed E-state index contributed by atoms with van der Waals surface area (Å²) in [5, 5.41) is 0. The van der Waals surface area contributed by atoms with Crippen molar-refractivity contribution in [3.8, 4) is 0 Å². The maximum Gasteiger partial charge on any atom is 0.261 e. The zero-order valence-electron chi connectivity index (χ0n) is 10.9. The van der Waals surface area contributed by atoms with Gasteiger partial charge in [-0.2, -0.15) is 0 Å². The molecule has 0 radical (unpaired) electrons. The van der Waals surface area contributed by atoms with Gasteiger partial charge in [0.05, 0.1) is 5.56 Å². The predicted octanol–water partition coefficient (Wildman–Crippen LogP) is 2.88. The average Bonchev–Trinajstić information content (AvgIpc) is 2.48. The number of nitrogens with zero attached hydrogens (tertiary/aromatic N) is 1. The fraction of sp³-hybridized carbons (Fsp3) is 0.188. The van der Waals surface area contributed by atoms with Crippen molar-refractivity contribution in [2.45, 2.75) is 12.5 Å². The van der Waals surface area contributed by atoms with Crippen LogP contribution in [0.3, 0.4) is 0 Å². The number of amides is 1. The van der Waals surface area contributed by atoms with Crippen molar-refractivity contribution in [3.05, 3.63) is 65.5 Å². The number of rotatable bonds is 1. The molecule has 0 saturated carbocycles. The maximum atomic E-state index is 13.8. The van der Waals surface area contributed by atoms with Crippen LogP contribution in [-0.4, -0.2) is 12.5 Å². The van der Waals surface area contributed by atoms with E-state index in [0.29, 0.717) is 13.0 Å². The second kappa shape index (κ2) is 5.06. The molecule has 0 fully saturated rings. The normalized spacial score (nSPS) is 17.7. The Morgan fingerprint density at radius 1 is 1.15 bits per heavy atom. The van der Waals surface area contributed by atoms with Crippen molar-refractivity contribution in [2.75, 3.05) is 11.4 Å². The Kier molecular flexibility index (Phi) is 3.24. The molecule has 1 heterocycles. The Labute approximate surface area is 116 Å². The molecule has 2 aromatic rings. The molecule has 0 aromatic heterocycles. The van der Waals surface area contributed by atoms with Crippen molar-refractivity contribution in [1.82, 2.24) is 0 Å². The van der Waals surface area contributed by atoms with E-state index in [2.05, 4.69) is 0 Å². The Balaban J connectivity index is 2.02. The summed E-state index contributed by atoms with van der Waals surface area (Å²) in [6.07, 6.45) is 0.678. The third kappa shape index (κ3) is 2.08. The molecule has 1 aliphatic heterocycles. The van der Waals surface area contributed by atoms with Gasteiger partial charge in [0.2, 0.25) is 0 Å². The number of halogens is 1. The van der Waals surface area contributed by atoms with Crippen LogP contribution >= 0.6 is 0 Å². The molecule has 2 aromatic carbocycles. The number of hydrogen-bond donors (Lipinski definition) is 1. The smallest absolute Gasteiger partial charge is 0.261 e. The summed E-state index contributed by atoms with van der Waals surface area (Å²) in [4.78, 5) is 14.1. The molecule has 0 bridgehead atoms. The van der Waals surface area contributed by atoms with E-state index in [1.807, 2.05) is 24.3 Å². The third-order valence-corrected chi connectivity index (χ3v) is 3.64. The van der Waals surface area contributed by atoms with Gasteiger partial charge in [-0.15, -0.1) is 0 Å². The zero-order chi connectivity index (χ0) is 14.1. The van der Waals surface area contributed by atoms with Crippen LogP contribution in [0.15, 0.2) is 48.5 Å². The van der Waals surface area contributed by atoms with E-state index < -0.39 is 5.82 Å². The largest absolute Gasteiger partial charge is 0.324 e. The summed E-state index contributed by atoms with van der Waals surface area (Å²) in [5.41, 5.74) is 7.87. The van der Waals surface area contributed by atoms with E-state index in [0.717, 1.165) is 11.3 Å². The number of fused-ring (bicyclic) bond motifs is 1. The van der Waals surface area contributed by atoms with Gasteiger partial charge in [0, 0.05) is 18.3 Å². The van der Waals surface area contributed by atoms with Crippen molar-refractivity contribution < 1.29 is 9.18 Å². The van der Waals surface area contributed by atoms with Gasteiger partial charge in [0.15, 0.2) is 0 Å². The van der Waals surface area contributed by atoms with Crippen molar-refractivity contribution in [1.29, 1.82) is 0 Å². The number of hydrogen-bond acceptors (Lipinski definition) is 2. The van der Waals surface area contributed by atoms with Crippen molar-refractivity contribution in [3.63, 3.8) is 0 Å². The fourth-order valence-corrected chi connectivity index (χ4v) is 2.58. The first-order valence-electron chi connectivity index (χ1n) is 6.59. The molecule has 3 nitrogen and oxygen atoms in total. The number of nitrogens with two attached hydrogens (primary N) is 1. The molecule has 1 amide bonds. The molecule has 0 spiro atoms. The van der Waals surface area contributed by atoms with Gasteiger partial charge in [-0.25, -0.2) is 4.39 Å². The highest BCUT2D eigenvalue weighted by atomic mass is 19.1. The zero-order valence-corrected chi connectivity index (χ0v) is 10.9. The predicted molar refractivity (Wildman–Crippen MR) is 76.1 cm³/mol. The summed E-state index contributed by atoms with van der Waals surface area (Å²) in [6, 6.07) is 13.5. The second-order valence-corrected chi connectivity index (χ2v) is 4.89. The Bertz CT molecular complexity index is 656. The molecule has 4 heteroatoms. The number of anilines is 1. The van der Waals surface area contributed by atoms with Gasteiger partial charge in [-0.05, 0) is 30.2 Å². The molecular weight excluding hydrogens is 255 g/mol. The van der Waals surface area contributed by atoms with Crippen LogP contribution in [0.4, 0.5) is 10.1 Å². The quantitative estimate of drug-likeness (QED) is 0.866. The molecule has 3 rings (SSSR count). The van der Waals surface area contributed by atoms with Crippen LogP contribution in [-0.2, 0) is 0 Å². The first kappa shape index (κ1) is 12.8. The van der Waals surface area contributed by atoms with E-state index in [-0.39, 0.29) is 17.5 Å². The standard InChI is InChI=1S/C16H15FN2O/c17-13-7-3-1-5-11(13)16(20)19-10-9-14(18)12-6-2-4-8-15(12)19/h1-8,14H,9-10,18H2. The maximum absolute atomic E-state index is 13.8. The lowest BCUT2D eigenvalue weighted by Crippen LogP contribution is -2.38. The molecular formula is C16H15FN2O. The molecule has 1 atom stereocenters. The van der Waals surface area contributed by atoms with Crippen LogP contribution in [0.2, 0.25) is 0 Å². The molecule has 1 unspecified atom stereocenters. The van der Waals surface area contributed by atoms with Crippen molar-refractivity contribution >= 4 is 11.6 Å². The van der Waals surface area contributed by atoms with Gasteiger partial charge >= 0.3 is 0 Å². The highest BCUT2D eigenvalue weighted by Gasteiger charge is 2.28. The van der Waals surface area contributed by atoms with Gasteiger partial charge < -0.3 is 10.6 Å². The number of carbonyl (C=O) groups is 1. The molecule has 0 saturated heterocycles. The minimum absolute atomic E-state index is 0.0733. The van der Waals surface area contributed by atoms with E-state index in [1.165, 1.54) is 12.1 Å². The van der Waals surface area contributed by atoms with Crippen LogP contribution in [0.25, 0.3) is 0 Å². The molecule has 0 aliphatic carbocycles. The van der Waals surface area contributed by atoms with E-state index in [9.17, 15) is 9.18 Å². The first-order chi connectivity index (χ1) is 9.68. The number of para-hydroxylation sites is 1. The molecule has 1 aliphatic rings. The monoisotopic (exact) mass is 270 g/mol. The fourth-order valence-electron chi connectivity index (χ4n) is 2.58. The van der Waals surface area contributed by atoms with Crippen LogP contribution in [0.5, 0.6) is 0 Å². The lowest BCUT2D eigenvalue weighted by Gasteiger charge is -2.32. The lowest BCUT2D eigenvalue weighted by molar-refractivity contribution is 0.0980. The van der Waals surface area contributed by atoms with Crippen molar-refractivity contribution in [2.24, 2.45) is 5.73 Å². The van der Waals surface area contributed by atoms with E-state index in [4.69, 9.17) is 5.73 Å². The minimum atomic E-state index is -0.496. The number of benzene rings is 2. The summed E-state index contributed by atoms with van der Waals surface area (Å²) in [7, 11) is 0. The Morgan fingerprint density at radius 2 is 1.85 bits per heavy atom. The highest BCUT2D eigenvalue weighted by Crippen LogP contribution is 2.33. The first-order valence-corrected chi connectivity index (χ1v) is 6.59. The average molecular weight is 270 g/mol. The topological polar surface area (TPSA) is 46.3 Å². The van der Waals surface area contributed by atoms with Gasteiger partial charge in [-0.1, -0.05) is 30.3 Å². The number of carbonyl (C=O) groups excluding carboxylic acids is 1. The van der Waals surface area contributed by atoms with Crippen LogP contribution in [0, 0.1) is 5.82 Å². The van der Waals surface area contributed by atoms with Gasteiger partial charge in [-0.3, -0.25) is 4.79 Å². The van der Waals surface area contributed by atoms with Gasteiger partial charge in [0.25, 0.3) is 5.91 Å². The summed E-state index contributed by atoms with van der Waals surface area (Å²) < 4.78 is 13.8.